The molecule has 16 heavy (non-hydrogen) atoms. The predicted molar refractivity (Wildman–Crippen MR) is 64.6 cm³/mol. The fraction of sp³-hybridized carbons (Fsp3) is 0.556. The van der Waals surface area contributed by atoms with E-state index in [1.165, 1.54) is 6.26 Å². The molecule has 1 unspecified atom stereocenters. The van der Waals surface area contributed by atoms with Gasteiger partial charge in [0.2, 0.25) is 0 Å². The number of rotatable bonds is 4. The molecule has 1 aromatic heterocycles. The zero-order valence-corrected chi connectivity index (χ0v) is 10.9. The standard InChI is InChI=1S/C9H14ClN3O2S/c1-6(5-16(3,14)15)11-9-4-8(10)12-7(2)13-9/h4,6H,5H2,1-3H3,(H,11,12,13). The Balaban J connectivity index is 2.73. The van der Waals surface area contributed by atoms with Crippen molar-refractivity contribution in [2.45, 2.75) is 19.9 Å². The molecule has 1 heterocycles. The largest absolute Gasteiger partial charge is 0.366 e. The summed E-state index contributed by atoms with van der Waals surface area (Å²) in [6.07, 6.45) is 1.20. The third-order valence-corrected chi connectivity index (χ3v) is 3.05. The van der Waals surface area contributed by atoms with Crippen molar-refractivity contribution < 1.29 is 8.42 Å². The average molecular weight is 264 g/mol. The Morgan fingerprint density at radius 1 is 1.50 bits per heavy atom. The van der Waals surface area contributed by atoms with Gasteiger partial charge in [-0.25, -0.2) is 18.4 Å². The van der Waals surface area contributed by atoms with Crippen molar-refractivity contribution in [3.63, 3.8) is 0 Å². The number of aryl methyl sites for hydroxylation is 1. The van der Waals surface area contributed by atoms with Crippen molar-refractivity contribution in [3.05, 3.63) is 17.0 Å². The number of nitrogens with one attached hydrogen (secondary N) is 1. The van der Waals surface area contributed by atoms with Crippen molar-refractivity contribution >= 4 is 27.3 Å². The van der Waals surface area contributed by atoms with E-state index >= 15 is 0 Å². The van der Waals surface area contributed by atoms with Crippen LogP contribution in [-0.2, 0) is 9.84 Å². The first-order valence-electron chi connectivity index (χ1n) is 4.72. The van der Waals surface area contributed by atoms with Gasteiger partial charge in [0.25, 0.3) is 0 Å². The van der Waals surface area contributed by atoms with Crippen molar-refractivity contribution in [3.8, 4) is 0 Å². The minimum Gasteiger partial charge on any atom is -0.366 e. The van der Waals surface area contributed by atoms with Crippen LogP contribution in [0.1, 0.15) is 12.7 Å². The Hall–Kier alpha value is -0.880. The van der Waals surface area contributed by atoms with E-state index < -0.39 is 9.84 Å². The predicted octanol–water partition coefficient (Wildman–Crippen LogP) is 1.28. The lowest BCUT2D eigenvalue weighted by atomic mass is 10.4. The summed E-state index contributed by atoms with van der Waals surface area (Å²) in [6.45, 7) is 3.49. The Bertz CT molecular complexity index is 455. The minimum absolute atomic E-state index is 0.0493. The highest BCUT2D eigenvalue weighted by molar-refractivity contribution is 7.90. The van der Waals surface area contributed by atoms with Gasteiger partial charge in [-0.05, 0) is 13.8 Å². The average Bonchev–Trinajstić information content (AvgIpc) is 1.96. The molecule has 90 valence electrons. The van der Waals surface area contributed by atoms with Gasteiger partial charge in [-0.15, -0.1) is 0 Å². The minimum atomic E-state index is -3.00. The molecule has 0 saturated heterocycles. The lowest BCUT2D eigenvalue weighted by molar-refractivity contribution is 0.598. The molecule has 5 nitrogen and oxygen atoms in total. The smallest absolute Gasteiger partial charge is 0.149 e. The van der Waals surface area contributed by atoms with Crippen molar-refractivity contribution in [2.24, 2.45) is 0 Å². The van der Waals surface area contributed by atoms with Crippen LogP contribution in [0.5, 0.6) is 0 Å². The first-order chi connectivity index (χ1) is 7.26. The van der Waals surface area contributed by atoms with E-state index in [0.717, 1.165) is 0 Å². The SMILES string of the molecule is Cc1nc(Cl)cc(NC(C)CS(C)(=O)=O)n1. The monoisotopic (exact) mass is 263 g/mol. The summed E-state index contributed by atoms with van der Waals surface area (Å²) in [6, 6.07) is 1.34. The highest BCUT2D eigenvalue weighted by atomic mass is 35.5. The lowest BCUT2D eigenvalue weighted by Crippen LogP contribution is -2.25. The van der Waals surface area contributed by atoms with Crippen molar-refractivity contribution in [1.29, 1.82) is 0 Å². The Morgan fingerprint density at radius 3 is 2.62 bits per heavy atom. The van der Waals surface area contributed by atoms with Gasteiger partial charge in [0, 0.05) is 18.4 Å². The van der Waals surface area contributed by atoms with Crippen LogP contribution in [0.15, 0.2) is 6.07 Å². The van der Waals surface area contributed by atoms with Gasteiger partial charge in [0.1, 0.15) is 26.6 Å². The Kier molecular flexibility index (Phi) is 4.09. The molecule has 1 atom stereocenters. The molecule has 0 amide bonds. The number of aromatic nitrogens is 2. The normalized spacial score (nSPS) is 13.5. The first-order valence-corrected chi connectivity index (χ1v) is 7.15. The van der Waals surface area contributed by atoms with E-state index in [4.69, 9.17) is 11.6 Å². The quantitative estimate of drug-likeness (QED) is 0.829. The summed E-state index contributed by atoms with van der Waals surface area (Å²) >= 11 is 5.76. The second-order valence-electron chi connectivity index (χ2n) is 3.76. The molecule has 1 aromatic rings. The highest BCUT2D eigenvalue weighted by Gasteiger charge is 2.11. The molecule has 0 aliphatic rings. The van der Waals surface area contributed by atoms with Gasteiger partial charge < -0.3 is 5.32 Å². The molecule has 7 heteroatoms. The highest BCUT2D eigenvalue weighted by Crippen LogP contribution is 2.12. The lowest BCUT2D eigenvalue weighted by Gasteiger charge is -2.13. The molecule has 0 saturated carbocycles. The summed E-state index contributed by atoms with van der Waals surface area (Å²) in [5.41, 5.74) is 0. The van der Waals surface area contributed by atoms with Crippen molar-refractivity contribution in [2.75, 3.05) is 17.3 Å². The molecular weight excluding hydrogens is 250 g/mol. The summed E-state index contributed by atoms with van der Waals surface area (Å²) in [4.78, 5) is 8.01. The maximum atomic E-state index is 11.1. The van der Waals surface area contributed by atoms with Crippen molar-refractivity contribution in [1.82, 2.24) is 9.97 Å². The number of anilines is 1. The second kappa shape index (κ2) is 4.97. The topological polar surface area (TPSA) is 72.0 Å². The molecule has 0 fully saturated rings. The maximum Gasteiger partial charge on any atom is 0.149 e. The maximum absolute atomic E-state index is 11.1. The van der Waals surface area contributed by atoms with E-state index in [1.807, 2.05) is 0 Å². The number of hydrogen-bond acceptors (Lipinski definition) is 5. The molecular formula is C9H14ClN3O2S. The third kappa shape index (κ3) is 4.76. The number of hydrogen-bond donors (Lipinski definition) is 1. The fourth-order valence-corrected chi connectivity index (χ4v) is 2.57. The van der Waals surface area contributed by atoms with Gasteiger partial charge in [-0.2, -0.15) is 0 Å². The number of sulfone groups is 1. The van der Waals surface area contributed by atoms with Crippen LogP contribution >= 0.6 is 11.6 Å². The third-order valence-electron chi connectivity index (χ3n) is 1.75. The summed E-state index contributed by atoms with van der Waals surface area (Å²) in [5.74, 6) is 1.13. The molecule has 0 aliphatic carbocycles. The molecule has 0 bridgehead atoms. The first kappa shape index (κ1) is 13.2. The molecule has 1 rings (SSSR count). The molecule has 0 spiro atoms. The number of nitrogens with zero attached hydrogens (tertiary/aromatic N) is 2. The Labute approximate surface area is 100 Å². The van der Waals surface area contributed by atoms with Crippen LogP contribution in [0.2, 0.25) is 5.15 Å². The molecule has 0 aliphatic heterocycles. The molecule has 0 aromatic carbocycles. The molecule has 1 N–H and O–H groups in total. The van der Waals surface area contributed by atoms with Gasteiger partial charge >= 0.3 is 0 Å². The Morgan fingerprint density at radius 2 is 2.12 bits per heavy atom. The zero-order valence-electron chi connectivity index (χ0n) is 9.36. The van der Waals surface area contributed by atoms with E-state index in [1.54, 1.807) is 19.9 Å². The van der Waals surface area contributed by atoms with Gasteiger partial charge in [-0.3, -0.25) is 0 Å². The van der Waals surface area contributed by atoms with Crippen LogP contribution in [-0.4, -0.2) is 36.4 Å². The second-order valence-corrected chi connectivity index (χ2v) is 6.33. The summed E-state index contributed by atoms with van der Waals surface area (Å²) < 4.78 is 22.1. The van der Waals surface area contributed by atoms with E-state index in [-0.39, 0.29) is 11.8 Å². The van der Waals surface area contributed by atoms with Gasteiger partial charge in [0.05, 0.1) is 5.75 Å². The van der Waals surface area contributed by atoms with Gasteiger partial charge in [-0.1, -0.05) is 11.6 Å². The van der Waals surface area contributed by atoms with E-state index in [0.29, 0.717) is 16.8 Å². The number of halogens is 1. The van der Waals surface area contributed by atoms with Crippen LogP contribution < -0.4 is 5.32 Å². The fourth-order valence-electron chi connectivity index (χ4n) is 1.35. The van der Waals surface area contributed by atoms with Crippen LogP contribution in [0.3, 0.4) is 0 Å². The summed E-state index contributed by atoms with van der Waals surface area (Å²) in [5, 5.41) is 3.30. The van der Waals surface area contributed by atoms with E-state index in [9.17, 15) is 8.42 Å². The molecule has 0 radical (unpaired) electrons. The zero-order chi connectivity index (χ0) is 12.3. The van der Waals surface area contributed by atoms with Gasteiger partial charge in [0.15, 0.2) is 0 Å². The van der Waals surface area contributed by atoms with Crippen LogP contribution in [0.25, 0.3) is 0 Å². The summed E-state index contributed by atoms with van der Waals surface area (Å²) in [7, 11) is -3.00. The van der Waals surface area contributed by atoms with Crippen LogP contribution in [0, 0.1) is 6.92 Å². The van der Waals surface area contributed by atoms with Crippen LogP contribution in [0.4, 0.5) is 5.82 Å². The van der Waals surface area contributed by atoms with E-state index in [2.05, 4.69) is 15.3 Å².